The van der Waals surface area contributed by atoms with E-state index in [-0.39, 0.29) is 6.61 Å². The molecule has 0 fully saturated rings. The first-order valence-corrected chi connectivity index (χ1v) is 27.2. The third kappa shape index (κ3) is 50.8. The molecule has 0 aliphatic carbocycles. The molecule has 0 aliphatic heterocycles. The predicted octanol–water partition coefficient (Wildman–Crippen LogP) is 18.0. The molecule has 356 valence electrons. The number of rotatable bonds is 50. The van der Waals surface area contributed by atoms with Gasteiger partial charge in [-0.15, -0.1) is 0 Å². The van der Waals surface area contributed by atoms with E-state index >= 15 is 0 Å². The maximum absolute atomic E-state index is 9.88. The van der Waals surface area contributed by atoms with Crippen molar-refractivity contribution in [2.24, 2.45) is 0 Å². The summed E-state index contributed by atoms with van der Waals surface area (Å²) in [6.45, 7) is 13.8. The number of nitrogens with zero attached hydrogens (tertiary/aromatic N) is 2. The minimum absolute atomic E-state index is 0.278. The van der Waals surface area contributed by atoms with Crippen LogP contribution in [-0.4, -0.2) is 60.8 Å². The highest BCUT2D eigenvalue weighted by molar-refractivity contribution is 4.94. The smallest absolute Gasteiger partial charge is 0.0558 e. The van der Waals surface area contributed by atoms with Crippen molar-refractivity contribution in [3.63, 3.8) is 0 Å². The zero-order valence-corrected chi connectivity index (χ0v) is 41.7. The molecular formula is C58H108N2O. The maximum atomic E-state index is 9.88. The minimum Gasteiger partial charge on any atom is -0.395 e. The van der Waals surface area contributed by atoms with Crippen LogP contribution in [0.25, 0.3) is 0 Å². The maximum Gasteiger partial charge on any atom is 0.0558 e. The standard InChI is InChI=1S/C58H108N2O/c1-4-7-10-13-16-19-22-25-28-31-34-37-40-43-46-49-52-59(53-50-47-44-41-38-35-32-29-26-23-20-17-14-11-8-5-2)55-56-60(57-58-61)54-51-48-45-42-39-36-33-30-27-24-21-18-15-12-9-6-3/h16-21,25-30,61H,4-15,22-24,31-58H2,1-3H3/b19-16-,20-17-,21-18-,28-25-,29-26-,30-27-. The van der Waals surface area contributed by atoms with Gasteiger partial charge in [-0.25, -0.2) is 0 Å². The lowest BCUT2D eigenvalue weighted by molar-refractivity contribution is 0.163. The zero-order chi connectivity index (χ0) is 44.0. The molecular weight excluding hydrogens is 741 g/mol. The van der Waals surface area contributed by atoms with E-state index in [0.717, 1.165) is 45.4 Å². The fourth-order valence-corrected chi connectivity index (χ4v) is 8.07. The second kappa shape index (κ2) is 54.5. The highest BCUT2D eigenvalue weighted by Crippen LogP contribution is 2.13. The Bertz CT molecular complexity index is 944. The van der Waals surface area contributed by atoms with Crippen LogP contribution in [0.3, 0.4) is 0 Å². The van der Waals surface area contributed by atoms with Crippen LogP contribution in [0.5, 0.6) is 0 Å². The van der Waals surface area contributed by atoms with E-state index in [2.05, 4.69) is 103 Å². The summed E-state index contributed by atoms with van der Waals surface area (Å²) in [7, 11) is 0. The highest BCUT2D eigenvalue weighted by atomic mass is 16.3. The number of allylic oxidation sites excluding steroid dienone is 12. The molecule has 0 heterocycles. The Morgan fingerprint density at radius 3 is 0.738 bits per heavy atom. The molecule has 0 aliphatic rings. The molecule has 0 saturated carbocycles. The van der Waals surface area contributed by atoms with E-state index in [1.165, 1.54) is 225 Å². The van der Waals surface area contributed by atoms with Crippen molar-refractivity contribution in [3.8, 4) is 0 Å². The number of aliphatic hydroxyl groups excluding tert-OH is 1. The molecule has 0 bridgehead atoms. The summed E-state index contributed by atoms with van der Waals surface area (Å²) in [6, 6.07) is 0. The number of aliphatic hydroxyl groups is 1. The van der Waals surface area contributed by atoms with Gasteiger partial charge in [0.25, 0.3) is 0 Å². The first kappa shape index (κ1) is 59.3. The molecule has 0 saturated heterocycles. The van der Waals surface area contributed by atoms with Crippen LogP contribution in [-0.2, 0) is 0 Å². The van der Waals surface area contributed by atoms with Gasteiger partial charge in [-0.1, -0.05) is 209 Å². The Morgan fingerprint density at radius 1 is 0.246 bits per heavy atom. The summed E-state index contributed by atoms with van der Waals surface area (Å²) in [6.07, 6.45) is 75.5. The summed E-state index contributed by atoms with van der Waals surface area (Å²) in [5, 5.41) is 9.88. The van der Waals surface area contributed by atoms with Crippen LogP contribution < -0.4 is 0 Å². The van der Waals surface area contributed by atoms with Crippen molar-refractivity contribution in [1.29, 1.82) is 0 Å². The molecule has 61 heavy (non-hydrogen) atoms. The van der Waals surface area contributed by atoms with Crippen molar-refractivity contribution in [2.45, 2.75) is 252 Å². The molecule has 0 amide bonds. The lowest BCUT2D eigenvalue weighted by Gasteiger charge is -2.27. The van der Waals surface area contributed by atoms with Crippen LogP contribution >= 0.6 is 0 Å². The molecule has 0 aromatic rings. The fraction of sp³-hybridized carbons (Fsp3) is 0.793. The van der Waals surface area contributed by atoms with Gasteiger partial charge in [0.15, 0.2) is 0 Å². The van der Waals surface area contributed by atoms with E-state index in [1.54, 1.807) is 0 Å². The van der Waals surface area contributed by atoms with E-state index in [0.29, 0.717) is 0 Å². The Morgan fingerprint density at radius 2 is 0.475 bits per heavy atom. The van der Waals surface area contributed by atoms with Gasteiger partial charge < -0.3 is 10.0 Å². The minimum atomic E-state index is 0.278. The first-order chi connectivity index (χ1) is 30.3. The van der Waals surface area contributed by atoms with E-state index in [1.807, 2.05) is 0 Å². The van der Waals surface area contributed by atoms with Gasteiger partial charge >= 0.3 is 0 Å². The molecule has 0 unspecified atom stereocenters. The monoisotopic (exact) mass is 849 g/mol. The Kier molecular flexibility index (Phi) is 53.0. The summed E-state index contributed by atoms with van der Waals surface area (Å²) in [5.74, 6) is 0. The molecule has 1 N–H and O–H groups in total. The summed E-state index contributed by atoms with van der Waals surface area (Å²) >= 11 is 0. The van der Waals surface area contributed by atoms with Gasteiger partial charge in [0, 0.05) is 19.6 Å². The summed E-state index contributed by atoms with van der Waals surface area (Å²) in [5.41, 5.74) is 0. The first-order valence-electron chi connectivity index (χ1n) is 27.2. The molecule has 0 aromatic carbocycles. The van der Waals surface area contributed by atoms with Crippen molar-refractivity contribution in [1.82, 2.24) is 9.80 Å². The van der Waals surface area contributed by atoms with Crippen molar-refractivity contribution in [2.75, 3.05) is 45.9 Å². The van der Waals surface area contributed by atoms with Crippen LogP contribution in [0.1, 0.15) is 252 Å². The van der Waals surface area contributed by atoms with Gasteiger partial charge in [0.05, 0.1) is 6.61 Å². The Balaban J connectivity index is 4.42. The second-order valence-electron chi connectivity index (χ2n) is 18.2. The number of unbranched alkanes of at least 4 members (excludes halogenated alkanes) is 27. The lowest BCUT2D eigenvalue weighted by atomic mass is 10.1. The van der Waals surface area contributed by atoms with Gasteiger partial charge in [-0.05, 0) is 135 Å². The van der Waals surface area contributed by atoms with Gasteiger partial charge in [-0.3, -0.25) is 4.90 Å². The highest BCUT2D eigenvalue weighted by Gasteiger charge is 2.10. The molecule has 0 radical (unpaired) electrons. The van der Waals surface area contributed by atoms with Gasteiger partial charge in [-0.2, -0.15) is 0 Å². The lowest BCUT2D eigenvalue weighted by Crippen LogP contribution is -2.38. The summed E-state index contributed by atoms with van der Waals surface area (Å²) in [4.78, 5) is 5.32. The molecule has 3 nitrogen and oxygen atoms in total. The van der Waals surface area contributed by atoms with Crippen molar-refractivity contribution in [3.05, 3.63) is 72.9 Å². The number of hydrogen-bond acceptors (Lipinski definition) is 3. The van der Waals surface area contributed by atoms with Crippen LogP contribution in [0.4, 0.5) is 0 Å². The van der Waals surface area contributed by atoms with Gasteiger partial charge in [0.1, 0.15) is 0 Å². The number of hydrogen-bond donors (Lipinski definition) is 1. The molecule has 0 aromatic heterocycles. The van der Waals surface area contributed by atoms with Crippen molar-refractivity contribution >= 4 is 0 Å². The van der Waals surface area contributed by atoms with Crippen molar-refractivity contribution < 1.29 is 5.11 Å². The molecule has 0 atom stereocenters. The summed E-state index contributed by atoms with van der Waals surface area (Å²) < 4.78 is 0. The van der Waals surface area contributed by atoms with E-state index in [9.17, 15) is 5.11 Å². The predicted molar refractivity (Wildman–Crippen MR) is 278 cm³/mol. The topological polar surface area (TPSA) is 26.7 Å². The molecule has 0 rings (SSSR count). The average molecular weight is 850 g/mol. The van der Waals surface area contributed by atoms with Crippen LogP contribution in [0.15, 0.2) is 72.9 Å². The third-order valence-electron chi connectivity index (χ3n) is 12.2. The Hall–Kier alpha value is -1.68. The quantitative estimate of drug-likeness (QED) is 0.0488. The molecule has 0 spiro atoms. The van der Waals surface area contributed by atoms with E-state index in [4.69, 9.17) is 0 Å². The van der Waals surface area contributed by atoms with Gasteiger partial charge in [0.2, 0.25) is 0 Å². The largest absolute Gasteiger partial charge is 0.395 e. The Labute approximate surface area is 384 Å². The fourth-order valence-electron chi connectivity index (χ4n) is 8.07. The van der Waals surface area contributed by atoms with Crippen LogP contribution in [0.2, 0.25) is 0 Å². The van der Waals surface area contributed by atoms with E-state index < -0.39 is 0 Å². The zero-order valence-electron chi connectivity index (χ0n) is 41.7. The SMILES string of the molecule is CCCCC/C=C\C/C=C\CCCCCCCCN(CCO)CCN(CCCCCCCC/C=C\C/C=C\CCCCC)CCCCCCCC/C=C\C/C=C\CCCCC. The average Bonchev–Trinajstić information content (AvgIpc) is 3.27. The second-order valence-corrected chi connectivity index (χ2v) is 18.2. The normalized spacial score (nSPS) is 12.7. The third-order valence-corrected chi connectivity index (χ3v) is 12.2. The van der Waals surface area contributed by atoms with Crippen LogP contribution in [0, 0.1) is 0 Å². The molecule has 3 heteroatoms.